The fourth-order valence-electron chi connectivity index (χ4n) is 5.13. The number of imidazole rings is 1. The molecule has 4 aromatic rings. The summed E-state index contributed by atoms with van der Waals surface area (Å²) in [6, 6.07) is 3.70. The Balaban J connectivity index is 1.33. The molecule has 4 aromatic heterocycles. The van der Waals surface area contributed by atoms with E-state index in [0.717, 1.165) is 15.3 Å². The van der Waals surface area contributed by atoms with E-state index in [-0.39, 0.29) is 29.8 Å². The summed E-state index contributed by atoms with van der Waals surface area (Å²) in [4.78, 5) is 10.2. The van der Waals surface area contributed by atoms with Crippen molar-refractivity contribution in [1.29, 1.82) is 0 Å². The van der Waals surface area contributed by atoms with Crippen molar-refractivity contribution in [3.05, 3.63) is 36.3 Å². The minimum absolute atomic E-state index is 0.00425. The topological polar surface area (TPSA) is 87.9 Å². The second-order valence-electron chi connectivity index (χ2n) is 9.76. The molecule has 1 N–H and O–H groups in total. The van der Waals surface area contributed by atoms with E-state index < -0.39 is 31.1 Å². The lowest BCUT2D eigenvalue weighted by atomic mass is 9.98. The molecule has 6 rings (SSSR count). The van der Waals surface area contributed by atoms with Gasteiger partial charge in [0.15, 0.2) is 5.65 Å². The number of piperidine rings is 1. The van der Waals surface area contributed by atoms with Crippen LogP contribution >= 0.6 is 0 Å². The van der Waals surface area contributed by atoms with E-state index in [2.05, 4.69) is 32.2 Å². The zero-order valence-corrected chi connectivity index (χ0v) is 20.9. The van der Waals surface area contributed by atoms with Gasteiger partial charge in [-0.3, -0.25) is 4.90 Å². The highest BCUT2D eigenvalue weighted by Gasteiger charge is 2.51. The summed E-state index contributed by atoms with van der Waals surface area (Å²) in [6.45, 7) is 4.88. The maximum atomic E-state index is 15.2. The summed E-state index contributed by atoms with van der Waals surface area (Å²) in [6.07, 6.45) is -2.66. The molecule has 2 saturated heterocycles. The van der Waals surface area contributed by atoms with Crippen LogP contribution in [-0.2, 0) is 11.2 Å². The molecule has 2 fully saturated rings. The molecule has 10 nitrogen and oxygen atoms in total. The van der Waals surface area contributed by atoms with E-state index in [1.54, 1.807) is 36.3 Å². The Hall–Kier alpha value is -3.72. The van der Waals surface area contributed by atoms with Crippen molar-refractivity contribution in [2.24, 2.45) is 0 Å². The summed E-state index contributed by atoms with van der Waals surface area (Å²) in [5.74, 6) is -2.72. The van der Waals surface area contributed by atoms with Crippen LogP contribution in [0.5, 0.6) is 0 Å². The molecule has 0 bridgehead atoms. The van der Waals surface area contributed by atoms with Gasteiger partial charge in [-0.1, -0.05) is 0 Å². The van der Waals surface area contributed by atoms with Crippen LogP contribution in [0.3, 0.4) is 0 Å². The highest BCUT2D eigenvalue weighted by molar-refractivity contribution is 5.87. The molecule has 6 heterocycles. The molecule has 0 radical (unpaired) electrons. The van der Waals surface area contributed by atoms with Crippen molar-refractivity contribution in [1.82, 2.24) is 34.1 Å². The summed E-state index contributed by atoms with van der Waals surface area (Å²) < 4.78 is 78.4. The van der Waals surface area contributed by atoms with E-state index >= 15 is 8.78 Å². The second kappa shape index (κ2) is 9.19. The van der Waals surface area contributed by atoms with E-state index in [1.807, 2.05) is 0 Å². The van der Waals surface area contributed by atoms with Crippen molar-refractivity contribution < 1.29 is 31.3 Å². The van der Waals surface area contributed by atoms with E-state index in [4.69, 9.17) is 4.74 Å². The van der Waals surface area contributed by atoms with Gasteiger partial charge in [0, 0.05) is 43.6 Å². The molecule has 39 heavy (non-hydrogen) atoms. The Kier molecular flexibility index (Phi) is 6.02. The molecule has 15 heteroatoms. The summed E-state index contributed by atoms with van der Waals surface area (Å²) in [7, 11) is 1.62. The fourth-order valence-corrected chi connectivity index (χ4v) is 5.13. The average molecular weight is 551 g/mol. The third-order valence-corrected chi connectivity index (χ3v) is 7.19. The van der Waals surface area contributed by atoms with Crippen LogP contribution in [-0.4, -0.2) is 103 Å². The van der Waals surface area contributed by atoms with Crippen LogP contribution in [0, 0.1) is 0 Å². The first-order valence-corrected chi connectivity index (χ1v) is 12.3. The zero-order valence-electron chi connectivity index (χ0n) is 20.9. The number of nitrogens with one attached hydrogen (secondary N) is 1. The zero-order chi connectivity index (χ0) is 27.5. The molecular formula is C24H25F5N9O+. The van der Waals surface area contributed by atoms with Gasteiger partial charge < -0.3 is 10.1 Å². The highest BCUT2D eigenvalue weighted by Crippen LogP contribution is 2.35. The van der Waals surface area contributed by atoms with Gasteiger partial charge in [-0.15, -0.1) is 0 Å². The van der Waals surface area contributed by atoms with Crippen molar-refractivity contribution >= 4 is 29.6 Å². The van der Waals surface area contributed by atoms with Gasteiger partial charge in [0.2, 0.25) is 5.82 Å². The van der Waals surface area contributed by atoms with Crippen molar-refractivity contribution in [3.8, 4) is 11.3 Å². The van der Waals surface area contributed by atoms with Gasteiger partial charge in [0.25, 0.3) is 5.92 Å². The Morgan fingerprint density at radius 3 is 2.67 bits per heavy atom. The van der Waals surface area contributed by atoms with Gasteiger partial charge >= 0.3 is 12.1 Å². The molecule has 0 aromatic carbocycles. The molecule has 2 aliphatic rings. The number of rotatable bonds is 6. The van der Waals surface area contributed by atoms with Crippen LogP contribution in [0.4, 0.5) is 33.7 Å². The van der Waals surface area contributed by atoms with Gasteiger partial charge in [-0.2, -0.15) is 22.8 Å². The average Bonchev–Trinajstić information content (AvgIpc) is 3.44. The van der Waals surface area contributed by atoms with Crippen molar-refractivity contribution in [2.75, 3.05) is 38.7 Å². The fraction of sp³-hybridized carbons (Fsp3) is 0.458. The number of nitrogens with zero attached hydrogens (tertiary/aromatic N) is 8. The quantitative estimate of drug-likeness (QED) is 0.224. The maximum absolute atomic E-state index is 15.2. The summed E-state index contributed by atoms with van der Waals surface area (Å²) in [5, 5.41) is 11.8. The first-order valence-electron chi connectivity index (χ1n) is 12.3. The number of ether oxygens (including phenoxy) is 1. The Bertz CT molecular complexity index is 1560. The molecule has 2 aliphatic heterocycles. The highest BCUT2D eigenvalue weighted by atomic mass is 19.4. The van der Waals surface area contributed by atoms with Crippen LogP contribution in [0.15, 0.2) is 30.6 Å². The summed E-state index contributed by atoms with van der Waals surface area (Å²) in [5.41, 5.74) is 1.56. The van der Waals surface area contributed by atoms with Crippen LogP contribution < -0.4 is 5.32 Å². The SMILES string of the molecule is C=[N+](c1nc(NC)c2c(-c3ccc4ncc(CC(F)(F)F)n4n3)ccn2n1)C1CCN(C2COC2)CC1(F)F. The monoisotopic (exact) mass is 550 g/mol. The first-order chi connectivity index (χ1) is 18.5. The molecule has 1 unspecified atom stereocenters. The van der Waals surface area contributed by atoms with Crippen LogP contribution in [0.1, 0.15) is 12.1 Å². The van der Waals surface area contributed by atoms with E-state index in [1.165, 1.54) is 4.52 Å². The number of fused-ring (bicyclic) bond motifs is 2. The van der Waals surface area contributed by atoms with Gasteiger partial charge in [-0.25, -0.2) is 22.9 Å². The van der Waals surface area contributed by atoms with E-state index in [0.29, 0.717) is 42.4 Å². The smallest absolute Gasteiger partial charge is 0.378 e. The molecule has 0 aliphatic carbocycles. The number of halogens is 5. The van der Waals surface area contributed by atoms with Crippen molar-refractivity contribution in [3.63, 3.8) is 0 Å². The standard InChI is InChI=1S/C24H25F5N9O/c1-30-21-20-16(17-3-4-19-31-10-14(38(19)33-17)9-24(27,28)29)5-8-37(20)34-22(32-21)35(2)18-6-7-36(13-23(18,25)26)15-11-39-12-15/h3-5,8,10,15,18H,2,6-7,9,11-13H2,1H3,(H,30,32,34)/q+1. The lowest BCUT2D eigenvalue weighted by molar-refractivity contribution is -0.523. The van der Waals surface area contributed by atoms with Gasteiger partial charge in [0.1, 0.15) is 11.6 Å². The lowest BCUT2D eigenvalue weighted by Crippen LogP contribution is -2.61. The Morgan fingerprint density at radius 2 is 2.00 bits per heavy atom. The third-order valence-electron chi connectivity index (χ3n) is 7.19. The first kappa shape index (κ1) is 25.6. The molecule has 0 amide bonds. The number of anilines is 1. The van der Waals surface area contributed by atoms with Crippen LogP contribution in [0.25, 0.3) is 22.4 Å². The minimum atomic E-state index is -4.42. The number of likely N-dealkylation sites (tertiary alicyclic amines) is 1. The molecule has 1 atom stereocenters. The van der Waals surface area contributed by atoms with Gasteiger partial charge in [-0.05, 0) is 23.2 Å². The van der Waals surface area contributed by atoms with Gasteiger partial charge in [0.05, 0.1) is 49.8 Å². The number of aromatic nitrogens is 6. The number of alkyl halides is 5. The third kappa shape index (κ3) is 4.58. The number of hydrogen-bond donors (Lipinski definition) is 1. The molecule has 0 saturated carbocycles. The van der Waals surface area contributed by atoms with Crippen LogP contribution in [0.2, 0.25) is 0 Å². The lowest BCUT2D eigenvalue weighted by Gasteiger charge is -2.44. The molecular weight excluding hydrogens is 525 g/mol. The normalized spacial score (nSPS) is 20.4. The minimum Gasteiger partial charge on any atom is -0.378 e. The molecule has 206 valence electrons. The maximum Gasteiger partial charge on any atom is 0.455 e. The Morgan fingerprint density at radius 1 is 1.21 bits per heavy atom. The predicted octanol–water partition coefficient (Wildman–Crippen LogP) is 3.04. The Labute approximate surface area is 218 Å². The largest absolute Gasteiger partial charge is 0.455 e. The number of hydrogen-bond acceptors (Lipinski definition) is 7. The van der Waals surface area contributed by atoms with Crippen molar-refractivity contribution in [2.45, 2.75) is 37.0 Å². The predicted molar refractivity (Wildman–Crippen MR) is 131 cm³/mol. The second-order valence-corrected chi connectivity index (χ2v) is 9.76. The van der Waals surface area contributed by atoms with E-state index in [9.17, 15) is 13.2 Å². The summed E-state index contributed by atoms with van der Waals surface area (Å²) >= 11 is 0. The molecule has 0 spiro atoms.